The molecule has 23 heavy (non-hydrogen) atoms. The van der Waals surface area contributed by atoms with Crippen LogP contribution in [-0.2, 0) is 14.9 Å². The lowest BCUT2D eigenvalue weighted by Gasteiger charge is -2.45. The summed E-state index contributed by atoms with van der Waals surface area (Å²) >= 11 is 1.44. The van der Waals surface area contributed by atoms with Crippen LogP contribution in [0, 0.1) is 0 Å². The molecule has 2 aromatic rings. The Labute approximate surface area is 140 Å². The molecule has 0 aliphatic carbocycles. The average molecular weight is 330 g/mol. The van der Waals surface area contributed by atoms with Gasteiger partial charge in [0.05, 0.1) is 5.60 Å². The van der Waals surface area contributed by atoms with E-state index in [-0.39, 0.29) is 16.9 Å². The summed E-state index contributed by atoms with van der Waals surface area (Å²) in [6, 6.07) is 10.3. The van der Waals surface area contributed by atoms with E-state index in [1.165, 1.54) is 16.9 Å². The maximum absolute atomic E-state index is 12.6. The van der Waals surface area contributed by atoms with Crippen molar-refractivity contribution in [3.8, 4) is 0 Å². The zero-order valence-electron chi connectivity index (χ0n) is 13.5. The number of benzene rings is 1. The van der Waals surface area contributed by atoms with Crippen molar-refractivity contribution in [1.82, 2.24) is 4.98 Å². The molecule has 122 valence electrons. The third-order valence-corrected chi connectivity index (χ3v) is 5.09. The van der Waals surface area contributed by atoms with Gasteiger partial charge in [-0.25, -0.2) is 4.98 Å². The lowest BCUT2D eigenvalue weighted by atomic mass is 9.67. The highest BCUT2D eigenvalue weighted by Crippen LogP contribution is 2.44. The fourth-order valence-corrected chi connectivity index (χ4v) is 4.07. The normalized spacial score (nSPS) is 23.4. The average Bonchev–Trinajstić information content (AvgIpc) is 3.00. The molecule has 1 aliphatic heterocycles. The van der Waals surface area contributed by atoms with Gasteiger partial charge in [-0.05, 0) is 32.3 Å². The van der Waals surface area contributed by atoms with Crippen LogP contribution in [0.1, 0.15) is 38.7 Å². The van der Waals surface area contributed by atoms with Crippen LogP contribution in [0.25, 0.3) is 0 Å². The molecule has 0 saturated carbocycles. The lowest BCUT2D eigenvalue weighted by molar-refractivity contribution is -0.122. The fraction of sp³-hybridized carbons (Fsp3) is 0.444. The van der Waals surface area contributed by atoms with Gasteiger partial charge in [-0.15, -0.1) is 11.3 Å². The quantitative estimate of drug-likeness (QED) is 0.922. The Balaban J connectivity index is 1.85. The molecule has 1 N–H and O–H groups in total. The van der Waals surface area contributed by atoms with Crippen LogP contribution in [0.4, 0.5) is 5.13 Å². The van der Waals surface area contributed by atoms with Gasteiger partial charge in [-0.2, -0.15) is 0 Å². The Morgan fingerprint density at radius 1 is 1.35 bits per heavy atom. The monoisotopic (exact) mass is 330 g/mol. The van der Waals surface area contributed by atoms with E-state index in [1.807, 2.05) is 23.6 Å². The predicted octanol–water partition coefficient (Wildman–Crippen LogP) is 4.00. The number of anilines is 1. The molecule has 4 nitrogen and oxygen atoms in total. The summed E-state index contributed by atoms with van der Waals surface area (Å²) < 4.78 is 5.89. The molecule has 0 radical (unpaired) electrons. The molecule has 1 atom stereocenters. The topological polar surface area (TPSA) is 51.2 Å². The molecule has 5 heteroatoms. The number of rotatable bonds is 4. The molecule has 0 unspecified atom stereocenters. The van der Waals surface area contributed by atoms with Crippen molar-refractivity contribution in [3.63, 3.8) is 0 Å². The van der Waals surface area contributed by atoms with Gasteiger partial charge in [0.2, 0.25) is 5.91 Å². The van der Waals surface area contributed by atoms with Crippen molar-refractivity contribution in [2.45, 2.75) is 44.1 Å². The number of hydrogen-bond donors (Lipinski definition) is 1. The Morgan fingerprint density at radius 2 is 2.13 bits per heavy atom. The SMILES string of the molecule is CC1(C)C[C@](CC(=O)Nc2nccs2)(c2ccccc2)CCO1. The van der Waals surface area contributed by atoms with Crippen LogP contribution < -0.4 is 5.32 Å². The second-order valence-electron chi connectivity index (χ2n) is 6.74. The predicted molar refractivity (Wildman–Crippen MR) is 92.7 cm³/mol. The van der Waals surface area contributed by atoms with Gasteiger partial charge in [-0.1, -0.05) is 30.3 Å². The molecule has 0 bridgehead atoms. The summed E-state index contributed by atoms with van der Waals surface area (Å²) in [5.74, 6) is 0.0153. The van der Waals surface area contributed by atoms with Crippen molar-refractivity contribution in [3.05, 3.63) is 47.5 Å². The first-order valence-electron chi connectivity index (χ1n) is 7.88. The molecule has 1 aromatic carbocycles. The Morgan fingerprint density at radius 3 is 2.78 bits per heavy atom. The van der Waals surface area contributed by atoms with E-state index in [9.17, 15) is 4.79 Å². The van der Waals surface area contributed by atoms with E-state index in [2.05, 4.69) is 36.3 Å². The minimum absolute atomic E-state index is 0.0153. The van der Waals surface area contributed by atoms with Crippen LogP contribution in [0.15, 0.2) is 41.9 Å². The second kappa shape index (κ2) is 6.42. The summed E-state index contributed by atoms with van der Waals surface area (Å²) in [5.41, 5.74) is 0.797. The second-order valence-corrected chi connectivity index (χ2v) is 7.64. The third kappa shape index (κ3) is 3.79. The molecule has 1 amide bonds. The molecule has 0 spiro atoms. The van der Waals surface area contributed by atoms with Gasteiger partial charge < -0.3 is 10.1 Å². The first kappa shape index (κ1) is 16.1. The van der Waals surface area contributed by atoms with E-state index in [4.69, 9.17) is 4.74 Å². The summed E-state index contributed by atoms with van der Waals surface area (Å²) in [6.45, 7) is 4.87. The highest BCUT2D eigenvalue weighted by atomic mass is 32.1. The third-order valence-electron chi connectivity index (χ3n) is 4.40. The maximum Gasteiger partial charge on any atom is 0.227 e. The van der Waals surface area contributed by atoms with Crippen molar-refractivity contribution >= 4 is 22.4 Å². The van der Waals surface area contributed by atoms with Gasteiger partial charge in [0.15, 0.2) is 5.13 Å². The summed E-state index contributed by atoms with van der Waals surface area (Å²) in [5, 5.41) is 5.44. The van der Waals surface area contributed by atoms with Crippen LogP contribution in [0.2, 0.25) is 0 Å². The van der Waals surface area contributed by atoms with Gasteiger partial charge in [0, 0.05) is 30.0 Å². The minimum atomic E-state index is -0.227. The lowest BCUT2D eigenvalue weighted by Crippen LogP contribution is -2.45. The molecule has 3 rings (SSSR count). The van der Waals surface area contributed by atoms with E-state index >= 15 is 0 Å². The first-order chi connectivity index (χ1) is 11.0. The van der Waals surface area contributed by atoms with Gasteiger partial charge in [0.25, 0.3) is 0 Å². The number of ether oxygens (including phenoxy) is 1. The first-order valence-corrected chi connectivity index (χ1v) is 8.76. The van der Waals surface area contributed by atoms with Gasteiger partial charge >= 0.3 is 0 Å². The number of nitrogens with one attached hydrogen (secondary N) is 1. The molecule has 1 aromatic heterocycles. The van der Waals surface area contributed by atoms with Gasteiger partial charge in [0.1, 0.15) is 0 Å². The summed E-state index contributed by atoms with van der Waals surface area (Å²) in [7, 11) is 0. The summed E-state index contributed by atoms with van der Waals surface area (Å²) in [6.07, 6.45) is 3.83. The van der Waals surface area contributed by atoms with Crippen molar-refractivity contribution < 1.29 is 9.53 Å². The molecular formula is C18H22N2O2S. The Bertz CT molecular complexity index is 655. The smallest absolute Gasteiger partial charge is 0.227 e. The minimum Gasteiger partial charge on any atom is -0.376 e. The zero-order valence-corrected chi connectivity index (χ0v) is 14.4. The highest BCUT2D eigenvalue weighted by molar-refractivity contribution is 7.13. The standard InChI is InChI=1S/C18H22N2O2S/c1-17(2)13-18(8-10-22-17,14-6-4-3-5-7-14)12-15(21)20-16-19-9-11-23-16/h3-7,9,11H,8,10,12-13H2,1-2H3,(H,19,20,21)/t18-/m0/s1. The van der Waals surface area contributed by atoms with Gasteiger partial charge in [-0.3, -0.25) is 4.79 Å². The van der Waals surface area contributed by atoms with E-state index in [0.717, 1.165) is 12.8 Å². The largest absolute Gasteiger partial charge is 0.376 e. The Hall–Kier alpha value is -1.72. The van der Waals surface area contributed by atoms with E-state index < -0.39 is 0 Å². The zero-order chi connectivity index (χ0) is 16.3. The fourth-order valence-electron chi connectivity index (χ4n) is 3.52. The molecule has 1 saturated heterocycles. The summed E-state index contributed by atoms with van der Waals surface area (Å²) in [4.78, 5) is 16.7. The number of amides is 1. The van der Waals surface area contributed by atoms with Crippen molar-refractivity contribution in [1.29, 1.82) is 0 Å². The molecule has 2 heterocycles. The number of hydrogen-bond acceptors (Lipinski definition) is 4. The molecule has 1 aliphatic rings. The molecule has 1 fully saturated rings. The number of carbonyl (C=O) groups excluding carboxylic acids is 1. The van der Waals surface area contributed by atoms with Crippen LogP contribution in [-0.4, -0.2) is 23.1 Å². The van der Waals surface area contributed by atoms with E-state index in [1.54, 1.807) is 6.20 Å². The van der Waals surface area contributed by atoms with Crippen LogP contribution in [0.3, 0.4) is 0 Å². The van der Waals surface area contributed by atoms with Crippen molar-refractivity contribution in [2.75, 3.05) is 11.9 Å². The van der Waals surface area contributed by atoms with Crippen LogP contribution >= 0.6 is 11.3 Å². The maximum atomic E-state index is 12.6. The van der Waals surface area contributed by atoms with Crippen LogP contribution in [0.5, 0.6) is 0 Å². The number of thiazole rings is 1. The molecular weight excluding hydrogens is 308 g/mol. The Kier molecular flexibility index (Phi) is 4.50. The van der Waals surface area contributed by atoms with Crippen molar-refractivity contribution in [2.24, 2.45) is 0 Å². The number of carbonyl (C=O) groups is 1. The van der Waals surface area contributed by atoms with E-state index in [0.29, 0.717) is 18.2 Å². The number of nitrogens with zero attached hydrogens (tertiary/aromatic N) is 1. The number of aromatic nitrogens is 1. The highest BCUT2D eigenvalue weighted by Gasteiger charge is 2.43.